The van der Waals surface area contributed by atoms with Crippen molar-refractivity contribution in [1.29, 1.82) is 0 Å². The third-order valence-electron chi connectivity index (χ3n) is 2.91. The van der Waals surface area contributed by atoms with Crippen molar-refractivity contribution in [3.05, 3.63) is 40.6 Å². The van der Waals surface area contributed by atoms with Crippen molar-refractivity contribution in [1.82, 2.24) is 5.16 Å². The maximum atomic E-state index is 12.0. The first-order valence-corrected chi connectivity index (χ1v) is 6.61. The summed E-state index contributed by atoms with van der Waals surface area (Å²) in [6.07, 6.45) is 0. The molecular weight excluding hydrogens is 278 g/mol. The Morgan fingerprint density at radius 3 is 2.80 bits per heavy atom. The first kappa shape index (κ1) is 14.4. The summed E-state index contributed by atoms with van der Waals surface area (Å²) in [5.41, 5.74) is 1.74. The van der Waals surface area contributed by atoms with E-state index in [0.29, 0.717) is 16.6 Å². The highest BCUT2D eigenvalue weighted by Crippen LogP contribution is 2.23. The molecule has 1 amide bonds. The van der Waals surface area contributed by atoms with Gasteiger partial charge in [0, 0.05) is 16.8 Å². The van der Waals surface area contributed by atoms with E-state index >= 15 is 0 Å². The summed E-state index contributed by atoms with van der Waals surface area (Å²) >= 11 is 6.05. The minimum Gasteiger partial charge on any atom is -0.374 e. The Morgan fingerprint density at radius 2 is 2.15 bits per heavy atom. The summed E-state index contributed by atoms with van der Waals surface area (Å²) in [6, 6.07) is 6.76. The summed E-state index contributed by atoms with van der Waals surface area (Å²) in [5.74, 6) is 0.855. The lowest BCUT2D eigenvalue weighted by molar-refractivity contribution is -0.116. The quantitative estimate of drug-likeness (QED) is 0.907. The van der Waals surface area contributed by atoms with E-state index in [9.17, 15) is 4.79 Å². The Bertz CT molecular complexity index is 625. The smallest absolute Gasteiger partial charge is 0.247 e. The van der Waals surface area contributed by atoms with Gasteiger partial charge in [0.2, 0.25) is 5.91 Å². The van der Waals surface area contributed by atoms with E-state index in [2.05, 4.69) is 15.8 Å². The van der Waals surface area contributed by atoms with Crippen molar-refractivity contribution in [2.24, 2.45) is 0 Å². The van der Waals surface area contributed by atoms with E-state index in [1.807, 2.05) is 25.1 Å². The van der Waals surface area contributed by atoms with Gasteiger partial charge in [0.15, 0.2) is 5.82 Å². The molecule has 20 heavy (non-hydrogen) atoms. The molecule has 5 nitrogen and oxygen atoms in total. The molecule has 2 aromatic rings. The van der Waals surface area contributed by atoms with Crippen LogP contribution in [0.1, 0.15) is 18.2 Å². The molecule has 1 atom stereocenters. The van der Waals surface area contributed by atoms with Crippen LogP contribution in [0.5, 0.6) is 0 Å². The Morgan fingerprint density at radius 1 is 1.40 bits per heavy atom. The Balaban J connectivity index is 2.02. The van der Waals surface area contributed by atoms with Gasteiger partial charge < -0.3 is 15.2 Å². The number of anilines is 2. The summed E-state index contributed by atoms with van der Waals surface area (Å²) in [7, 11) is 0. The number of hydrogen-bond donors (Lipinski definition) is 2. The van der Waals surface area contributed by atoms with Gasteiger partial charge in [-0.15, -0.1) is 0 Å². The lowest BCUT2D eigenvalue weighted by Crippen LogP contribution is -2.32. The van der Waals surface area contributed by atoms with Crippen molar-refractivity contribution in [2.45, 2.75) is 26.8 Å². The van der Waals surface area contributed by atoms with Crippen LogP contribution in [0.3, 0.4) is 0 Å². The molecule has 6 heteroatoms. The van der Waals surface area contributed by atoms with Crippen LogP contribution in [0, 0.1) is 13.8 Å². The molecule has 0 aliphatic carbocycles. The van der Waals surface area contributed by atoms with E-state index in [1.54, 1.807) is 19.9 Å². The average Bonchev–Trinajstić information content (AvgIpc) is 2.80. The number of benzene rings is 1. The largest absolute Gasteiger partial charge is 0.374 e. The summed E-state index contributed by atoms with van der Waals surface area (Å²) in [5, 5.41) is 10.2. The van der Waals surface area contributed by atoms with Crippen molar-refractivity contribution in [2.75, 3.05) is 10.6 Å². The second-order valence-electron chi connectivity index (χ2n) is 4.59. The lowest BCUT2D eigenvalue weighted by Gasteiger charge is -2.16. The number of halogens is 1. The number of hydrogen-bond acceptors (Lipinski definition) is 4. The van der Waals surface area contributed by atoms with E-state index in [-0.39, 0.29) is 5.91 Å². The summed E-state index contributed by atoms with van der Waals surface area (Å²) in [4.78, 5) is 12.0. The van der Waals surface area contributed by atoms with Crippen molar-refractivity contribution in [3.8, 4) is 0 Å². The maximum absolute atomic E-state index is 12.0. The molecule has 0 saturated heterocycles. The van der Waals surface area contributed by atoms with Crippen LogP contribution in [0.2, 0.25) is 5.02 Å². The van der Waals surface area contributed by atoms with Crippen LogP contribution < -0.4 is 10.6 Å². The van der Waals surface area contributed by atoms with Crippen LogP contribution in [-0.2, 0) is 4.79 Å². The minimum atomic E-state index is -0.427. The predicted molar refractivity (Wildman–Crippen MR) is 79.1 cm³/mol. The fourth-order valence-electron chi connectivity index (χ4n) is 1.72. The van der Waals surface area contributed by atoms with Crippen molar-refractivity contribution < 1.29 is 9.32 Å². The zero-order valence-electron chi connectivity index (χ0n) is 11.5. The molecule has 0 aliphatic heterocycles. The monoisotopic (exact) mass is 293 g/mol. The van der Waals surface area contributed by atoms with Gasteiger partial charge in [0.05, 0.1) is 0 Å². The zero-order valence-corrected chi connectivity index (χ0v) is 12.3. The van der Waals surface area contributed by atoms with Crippen molar-refractivity contribution >= 4 is 29.0 Å². The molecule has 0 fully saturated rings. The summed E-state index contributed by atoms with van der Waals surface area (Å²) < 4.78 is 4.90. The van der Waals surface area contributed by atoms with E-state index < -0.39 is 6.04 Å². The van der Waals surface area contributed by atoms with Gasteiger partial charge in [-0.2, -0.15) is 0 Å². The highest BCUT2D eigenvalue weighted by atomic mass is 35.5. The second kappa shape index (κ2) is 5.96. The second-order valence-corrected chi connectivity index (χ2v) is 5.00. The Hall–Kier alpha value is -2.01. The van der Waals surface area contributed by atoms with Gasteiger partial charge in [0.1, 0.15) is 11.8 Å². The fraction of sp³-hybridized carbons (Fsp3) is 0.286. The highest BCUT2D eigenvalue weighted by molar-refractivity contribution is 6.31. The van der Waals surface area contributed by atoms with E-state index in [1.165, 1.54) is 0 Å². The highest BCUT2D eigenvalue weighted by Gasteiger charge is 2.15. The molecule has 1 unspecified atom stereocenters. The number of nitrogens with zero attached hydrogens (tertiary/aromatic N) is 1. The van der Waals surface area contributed by atoms with Crippen LogP contribution in [0.15, 0.2) is 28.8 Å². The first-order chi connectivity index (χ1) is 9.47. The topological polar surface area (TPSA) is 67.2 Å². The molecule has 1 heterocycles. The number of carbonyl (C=O) groups excluding carboxylic acids is 1. The third-order valence-corrected chi connectivity index (χ3v) is 3.32. The van der Waals surface area contributed by atoms with Gasteiger partial charge >= 0.3 is 0 Å². The molecule has 0 aliphatic rings. The standard InChI is InChI=1S/C14H16ClN3O2/c1-8-7-13(18-20-8)17-14(19)10(3)16-12-6-4-5-11(15)9(12)2/h4-7,10,16H,1-3H3,(H,17,18,19). The first-order valence-electron chi connectivity index (χ1n) is 6.23. The molecule has 2 rings (SSSR count). The van der Waals surface area contributed by atoms with Gasteiger partial charge in [-0.05, 0) is 38.5 Å². The SMILES string of the molecule is Cc1cc(NC(=O)C(C)Nc2cccc(Cl)c2C)no1. The van der Waals surface area contributed by atoms with Crippen molar-refractivity contribution in [3.63, 3.8) is 0 Å². The minimum absolute atomic E-state index is 0.197. The lowest BCUT2D eigenvalue weighted by atomic mass is 10.2. The van der Waals surface area contributed by atoms with Gasteiger partial charge in [-0.25, -0.2) is 0 Å². The number of rotatable bonds is 4. The molecule has 0 bridgehead atoms. The number of nitrogens with one attached hydrogen (secondary N) is 2. The number of carbonyl (C=O) groups is 1. The average molecular weight is 294 g/mol. The van der Waals surface area contributed by atoms with Gasteiger partial charge in [0.25, 0.3) is 0 Å². The Labute approximate surface area is 122 Å². The third kappa shape index (κ3) is 3.30. The molecule has 0 spiro atoms. The molecule has 1 aromatic carbocycles. The number of amides is 1. The van der Waals surface area contributed by atoms with E-state index in [4.69, 9.17) is 16.1 Å². The predicted octanol–water partition coefficient (Wildman–Crippen LogP) is 3.38. The van der Waals surface area contributed by atoms with E-state index in [0.717, 1.165) is 11.3 Å². The van der Waals surface area contributed by atoms with Crippen LogP contribution >= 0.6 is 11.6 Å². The molecule has 0 radical (unpaired) electrons. The maximum Gasteiger partial charge on any atom is 0.247 e. The van der Waals surface area contributed by atoms with Gasteiger partial charge in [-0.3, -0.25) is 4.79 Å². The number of aryl methyl sites for hydroxylation is 1. The van der Waals surface area contributed by atoms with Crippen LogP contribution in [-0.4, -0.2) is 17.1 Å². The summed E-state index contributed by atoms with van der Waals surface area (Å²) in [6.45, 7) is 5.43. The van der Waals surface area contributed by atoms with Crippen LogP contribution in [0.4, 0.5) is 11.5 Å². The molecule has 2 N–H and O–H groups in total. The van der Waals surface area contributed by atoms with Crippen LogP contribution in [0.25, 0.3) is 0 Å². The molecule has 1 aromatic heterocycles. The molecule has 0 saturated carbocycles. The Kier molecular flexibility index (Phi) is 4.29. The fourth-order valence-corrected chi connectivity index (χ4v) is 1.90. The van der Waals surface area contributed by atoms with Gasteiger partial charge in [-0.1, -0.05) is 22.8 Å². The molecular formula is C14H16ClN3O2. The normalized spacial score (nSPS) is 12.0. The molecule has 106 valence electrons. The zero-order chi connectivity index (χ0) is 14.7. The number of aromatic nitrogens is 1.